The van der Waals surface area contributed by atoms with Gasteiger partial charge in [0.25, 0.3) is 11.8 Å². The van der Waals surface area contributed by atoms with E-state index in [4.69, 9.17) is 16.0 Å². The van der Waals surface area contributed by atoms with Gasteiger partial charge in [-0.25, -0.2) is 0 Å². The molecular weight excluding hydrogens is 376 g/mol. The number of carbonyl (C=O) groups is 2. The van der Waals surface area contributed by atoms with E-state index in [2.05, 4.69) is 0 Å². The zero-order valence-corrected chi connectivity index (χ0v) is 16.4. The van der Waals surface area contributed by atoms with Gasteiger partial charge in [-0.3, -0.25) is 14.5 Å². The Morgan fingerprint density at radius 3 is 2.50 bits per heavy atom. The van der Waals surface area contributed by atoms with E-state index in [0.717, 1.165) is 16.9 Å². The Morgan fingerprint density at radius 1 is 1.14 bits per heavy atom. The fraction of sp³-hybridized carbons (Fsp3) is 0.227. The molecule has 2 aromatic rings. The molecule has 0 atom stereocenters. The summed E-state index contributed by atoms with van der Waals surface area (Å²) in [6.07, 6.45) is 3.10. The quantitative estimate of drug-likeness (QED) is 0.528. The molecule has 0 aliphatic carbocycles. The number of unbranched alkanes of at least 4 members (excludes halogenated alkanes) is 1. The van der Waals surface area contributed by atoms with Crippen molar-refractivity contribution < 1.29 is 14.0 Å². The molecule has 0 unspecified atom stereocenters. The number of nitriles is 1. The minimum atomic E-state index is -0.531. The van der Waals surface area contributed by atoms with E-state index in [9.17, 15) is 14.9 Å². The van der Waals surface area contributed by atoms with E-state index in [1.54, 1.807) is 37.3 Å². The number of furan rings is 1. The number of halogens is 1. The second kappa shape index (κ2) is 8.28. The zero-order chi connectivity index (χ0) is 20.3. The summed E-state index contributed by atoms with van der Waals surface area (Å²) in [6, 6.07) is 12.7. The molecule has 2 amide bonds. The van der Waals surface area contributed by atoms with Crippen LogP contribution in [0, 0.1) is 11.3 Å². The van der Waals surface area contributed by atoms with Crippen LogP contribution in [0.25, 0.3) is 17.4 Å². The summed E-state index contributed by atoms with van der Waals surface area (Å²) in [6.45, 7) is 3.88. The average Bonchev–Trinajstić information content (AvgIpc) is 3.15. The van der Waals surface area contributed by atoms with Crippen LogP contribution in [-0.4, -0.2) is 23.3 Å². The van der Waals surface area contributed by atoms with E-state index in [0.29, 0.717) is 34.1 Å². The van der Waals surface area contributed by atoms with E-state index in [1.807, 2.05) is 25.1 Å². The van der Waals surface area contributed by atoms with Crippen molar-refractivity contribution in [3.05, 3.63) is 63.9 Å². The molecule has 6 heteroatoms. The molecule has 0 N–H and O–H groups in total. The summed E-state index contributed by atoms with van der Waals surface area (Å²) in [5.41, 5.74) is 1.51. The van der Waals surface area contributed by atoms with Crippen molar-refractivity contribution in [2.75, 3.05) is 6.54 Å². The summed E-state index contributed by atoms with van der Waals surface area (Å²) < 4.78 is 5.84. The Balaban J connectivity index is 1.99. The lowest BCUT2D eigenvalue weighted by molar-refractivity contribution is -0.140. The molecule has 0 fully saturated rings. The normalized spacial score (nSPS) is 16.1. The number of benzene rings is 1. The second-order valence-corrected chi connectivity index (χ2v) is 6.93. The summed E-state index contributed by atoms with van der Waals surface area (Å²) in [5, 5.41) is 10.0. The van der Waals surface area contributed by atoms with Crippen molar-refractivity contribution in [1.29, 1.82) is 5.26 Å². The summed E-state index contributed by atoms with van der Waals surface area (Å²) >= 11 is 5.91. The molecule has 1 aliphatic heterocycles. The molecule has 1 aliphatic rings. The van der Waals surface area contributed by atoms with Gasteiger partial charge in [0.15, 0.2) is 0 Å². The van der Waals surface area contributed by atoms with E-state index >= 15 is 0 Å². The summed E-state index contributed by atoms with van der Waals surface area (Å²) in [7, 11) is 0. The first-order valence-corrected chi connectivity index (χ1v) is 9.39. The molecule has 2 heterocycles. The van der Waals surface area contributed by atoms with Crippen molar-refractivity contribution in [2.24, 2.45) is 0 Å². The van der Waals surface area contributed by atoms with Gasteiger partial charge in [-0.05, 0) is 61.4 Å². The number of amides is 2. The van der Waals surface area contributed by atoms with Gasteiger partial charge in [0.05, 0.1) is 0 Å². The van der Waals surface area contributed by atoms with Gasteiger partial charge in [0.1, 0.15) is 23.2 Å². The molecule has 28 heavy (non-hydrogen) atoms. The lowest BCUT2D eigenvalue weighted by Crippen LogP contribution is -2.43. The van der Waals surface area contributed by atoms with Crippen LogP contribution < -0.4 is 0 Å². The molecule has 0 saturated carbocycles. The molecule has 0 radical (unpaired) electrons. The highest BCUT2D eigenvalue weighted by Crippen LogP contribution is 2.29. The highest BCUT2D eigenvalue weighted by Gasteiger charge is 2.35. The van der Waals surface area contributed by atoms with Crippen LogP contribution in [0.1, 0.15) is 32.4 Å². The van der Waals surface area contributed by atoms with Gasteiger partial charge >= 0.3 is 0 Å². The van der Waals surface area contributed by atoms with Crippen molar-refractivity contribution in [1.82, 2.24) is 4.90 Å². The predicted octanol–water partition coefficient (Wildman–Crippen LogP) is 4.99. The predicted molar refractivity (Wildman–Crippen MR) is 107 cm³/mol. The molecule has 3 rings (SSSR count). The first-order chi connectivity index (χ1) is 13.5. The Kier molecular flexibility index (Phi) is 5.81. The van der Waals surface area contributed by atoms with E-state index < -0.39 is 11.8 Å². The molecule has 0 bridgehead atoms. The van der Waals surface area contributed by atoms with E-state index in [-0.39, 0.29) is 12.1 Å². The topological polar surface area (TPSA) is 74.3 Å². The zero-order valence-electron chi connectivity index (χ0n) is 15.7. The molecule has 0 saturated heterocycles. The van der Waals surface area contributed by atoms with Gasteiger partial charge in [-0.1, -0.05) is 24.9 Å². The van der Waals surface area contributed by atoms with Crippen molar-refractivity contribution in [3.63, 3.8) is 0 Å². The van der Waals surface area contributed by atoms with Gasteiger partial charge in [0, 0.05) is 22.7 Å². The van der Waals surface area contributed by atoms with Crippen LogP contribution in [-0.2, 0) is 9.59 Å². The van der Waals surface area contributed by atoms with Gasteiger partial charge in [0.2, 0.25) is 0 Å². The number of hydrogen-bond donors (Lipinski definition) is 0. The number of carbonyl (C=O) groups excluding carboxylic acids is 2. The third-order valence-corrected chi connectivity index (χ3v) is 4.85. The van der Waals surface area contributed by atoms with Crippen LogP contribution in [0.3, 0.4) is 0 Å². The molecule has 1 aromatic heterocycles. The number of rotatable bonds is 5. The minimum absolute atomic E-state index is 0.00793. The number of imide groups is 1. The highest BCUT2D eigenvalue weighted by molar-refractivity contribution is 6.30. The maximum absolute atomic E-state index is 12.9. The largest absolute Gasteiger partial charge is 0.457 e. The molecule has 5 nitrogen and oxygen atoms in total. The van der Waals surface area contributed by atoms with E-state index in [1.165, 1.54) is 0 Å². The number of nitrogens with zero attached hydrogens (tertiary/aromatic N) is 2. The summed E-state index contributed by atoms with van der Waals surface area (Å²) in [4.78, 5) is 26.5. The Bertz CT molecular complexity index is 1020. The maximum atomic E-state index is 12.9. The van der Waals surface area contributed by atoms with Gasteiger partial charge < -0.3 is 4.42 Å². The van der Waals surface area contributed by atoms with Crippen molar-refractivity contribution >= 4 is 29.5 Å². The van der Waals surface area contributed by atoms with Gasteiger partial charge in [-0.2, -0.15) is 5.26 Å². The SMILES string of the molecule is CCCCN1C(=O)C(C#N)=C(C)/C(=C\c2ccc(-c3ccc(Cl)cc3)o2)C1=O. The first-order valence-electron chi connectivity index (χ1n) is 9.01. The Labute approximate surface area is 168 Å². The molecule has 142 valence electrons. The van der Waals surface area contributed by atoms with Crippen LogP contribution in [0.15, 0.2) is 57.5 Å². The molecule has 1 aromatic carbocycles. The Morgan fingerprint density at radius 2 is 1.86 bits per heavy atom. The van der Waals surface area contributed by atoms with Crippen molar-refractivity contribution in [3.8, 4) is 17.4 Å². The lowest BCUT2D eigenvalue weighted by atomic mass is 9.94. The maximum Gasteiger partial charge on any atom is 0.271 e. The fourth-order valence-corrected chi connectivity index (χ4v) is 3.12. The fourth-order valence-electron chi connectivity index (χ4n) is 2.99. The summed E-state index contributed by atoms with van der Waals surface area (Å²) in [5.74, 6) is 0.166. The minimum Gasteiger partial charge on any atom is -0.457 e. The third-order valence-electron chi connectivity index (χ3n) is 4.60. The third kappa shape index (κ3) is 3.78. The highest BCUT2D eigenvalue weighted by atomic mass is 35.5. The second-order valence-electron chi connectivity index (χ2n) is 6.49. The molecular formula is C22H19ClN2O3. The Hall–Kier alpha value is -3.10. The average molecular weight is 395 g/mol. The van der Waals surface area contributed by atoms with Crippen LogP contribution >= 0.6 is 11.6 Å². The standard InChI is InChI=1S/C22H19ClN2O3/c1-3-4-11-25-21(26)18(14(2)19(13-24)22(25)27)12-17-9-10-20(28-17)15-5-7-16(23)8-6-15/h5-10,12H,3-4,11H2,1-2H3/b18-12+. The van der Waals surface area contributed by atoms with Crippen LogP contribution in [0.4, 0.5) is 0 Å². The smallest absolute Gasteiger partial charge is 0.271 e. The monoisotopic (exact) mass is 394 g/mol. The lowest BCUT2D eigenvalue weighted by Gasteiger charge is -2.27. The number of hydrogen-bond acceptors (Lipinski definition) is 4. The van der Waals surface area contributed by atoms with Crippen LogP contribution in [0.5, 0.6) is 0 Å². The first kappa shape index (κ1) is 19.7. The van der Waals surface area contributed by atoms with Crippen LogP contribution in [0.2, 0.25) is 5.02 Å². The van der Waals surface area contributed by atoms with Crippen molar-refractivity contribution in [2.45, 2.75) is 26.7 Å². The van der Waals surface area contributed by atoms with Gasteiger partial charge in [-0.15, -0.1) is 0 Å². The molecule has 0 spiro atoms.